The van der Waals surface area contributed by atoms with Crippen molar-refractivity contribution in [3.63, 3.8) is 0 Å². The molecule has 3 heterocycles. The van der Waals surface area contributed by atoms with Crippen LogP contribution in [0.3, 0.4) is 0 Å². The lowest BCUT2D eigenvalue weighted by atomic mass is 9.92. The summed E-state index contributed by atoms with van der Waals surface area (Å²) in [6.45, 7) is 16.4. The van der Waals surface area contributed by atoms with E-state index in [0.717, 1.165) is 5.69 Å². The average molecular weight is 558 g/mol. The van der Waals surface area contributed by atoms with E-state index in [1.54, 1.807) is 78.5 Å². The molecule has 0 spiro atoms. The lowest BCUT2D eigenvalue weighted by Gasteiger charge is -2.18. The SMILES string of the molecule is CC(C)(C)S(=O)(=O)c1cccs1.CC(C)(C)c1ccnc(N)n1.Cn1ccnc1S(=O)(=O)C(C)(C)C. The fourth-order valence-electron chi connectivity index (χ4n) is 2.39. The van der Waals surface area contributed by atoms with Gasteiger partial charge in [-0.05, 0) is 59.1 Å². The molecule has 0 bridgehead atoms. The first kappa shape index (κ1) is 31.7. The maximum absolute atomic E-state index is 11.9. The first-order valence-electron chi connectivity index (χ1n) is 11.2. The maximum Gasteiger partial charge on any atom is 0.227 e. The Morgan fingerprint density at radius 2 is 1.39 bits per heavy atom. The Balaban J connectivity index is 0.000000271. The largest absolute Gasteiger partial charge is 0.368 e. The number of thiophene rings is 1. The third-order valence-electron chi connectivity index (χ3n) is 4.83. The second kappa shape index (κ2) is 11.4. The Bertz CT molecular complexity index is 1330. The van der Waals surface area contributed by atoms with Crippen molar-refractivity contribution in [1.82, 2.24) is 19.5 Å². The first-order chi connectivity index (χ1) is 16.1. The molecular weight excluding hydrogens is 518 g/mol. The Kier molecular flexibility index (Phi) is 10.0. The average Bonchev–Trinajstić information content (AvgIpc) is 3.39. The quantitative estimate of drug-likeness (QED) is 0.480. The van der Waals surface area contributed by atoms with Crippen LogP contribution in [0.1, 0.15) is 68.0 Å². The summed E-state index contributed by atoms with van der Waals surface area (Å²) in [5.74, 6) is 0.345. The second-order valence-electron chi connectivity index (χ2n) is 11.0. The number of sulfone groups is 2. The number of imidazole rings is 1. The van der Waals surface area contributed by atoms with E-state index in [2.05, 4.69) is 35.7 Å². The topological polar surface area (TPSA) is 138 Å². The number of hydrogen-bond acceptors (Lipinski definition) is 9. The molecule has 0 radical (unpaired) electrons. The number of aromatic nitrogens is 4. The lowest BCUT2D eigenvalue weighted by molar-refractivity contribution is 0.544. The monoisotopic (exact) mass is 557 g/mol. The summed E-state index contributed by atoms with van der Waals surface area (Å²) >= 11 is 1.27. The molecule has 0 aliphatic rings. The molecule has 202 valence electrons. The van der Waals surface area contributed by atoms with Gasteiger partial charge in [0.2, 0.25) is 20.9 Å². The van der Waals surface area contributed by atoms with Crippen molar-refractivity contribution in [3.8, 4) is 0 Å². The summed E-state index contributed by atoms with van der Waals surface area (Å²) in [7, 11) is -4.75. The molecule has 0 fully saturated rings. The molecule has 0 saturated heterocycles. The zero-order chi connectivity index (χ0) is 28.2. The van der Waals surface area contributed by atoms with Crippen molar-refractivity contribution in [3.05, 3.63) is 47.9 Å². The van der Waals surface area contributed by atoms with E-state index < -0.39 is 29.2 Å². The molecule has 0 amide bonds. The highest BCUT2D eigenvalue weighted by molar-refractivity contribution is 7.94. The van der Waals surface area contributed by atoms with Gasteiger partial charge in [0, 0.05) is 31.1 Å². The standard InChI is InChI=1S/C8H13N3.C8H14N2O2S.C8H12O2S2/c1-8(2,3)6-4-5-10-7(9)11-6;1-8(2,3)13(11,12)7-9-5-6-10(7)4;1-8(2,3)12(9,10)7-5-4-6-11-7/h4-5H,1-3H3,(H2,9,10,11);5-6H,1-4H3;4-6H,1-3H3. The molecule has 0 unspecified atom stereocenters. The fraction of sp³-hybridized carbons (Fsp3) is 0.542. The van der Waals surface area contributed by atoms with Crippen LogP contribution in [0.25, 0.3) is 0 Å². The predicted octanol–water partition coefficient (Wildman–Crippen LogP) is 4.67. The van der Waals surface area contributed by atoms with Crippen LogP contribution in [0, 0.1) is 0 Å². The van der Waals surface area contributed by atoms with Gasteiger partial charge in [-0.15, -0.1) is 11.3 Å². The van der Waals surface area contributed by atoms with E-state index in [4.69, 9.17) is 5.73 Å². The summed E-state index contributed by atoms with van der Waals surface area (Å²) in [6, 6.07) is 5.28. The van der Waals surface area contributed by atoms with Crippen molar-refractivity contribution < 1.29 is 16.8 Å². The van der Waals surface area contributed by atoms with Gasteiger partial charge in [0.15, 0.2) is 9.84 Å². The Morgan fingerprint density at radius 1 is 0.833 bits per heavy atom. The van der Waals surface area contributed by atoms with Crippen molar-refractivity contribution >= 4 is 37.0 Å². The van der Waals surface area contributed by atoms with Gasteiger partial charge >= 0.3 is 0 Å². The van der Waals surface area contributed by atoms with Gasteiger partial charge in [-0.2, -0.15) is 0 Å². The molecule has 9 nitrogen and oxygen atoms in total. The van der Waals surface area contributed by atoms with Crippen molar-refractivity contribution in [2.75, 3.05) is 5.73 Å². The predicted molar refractivity (Wildman–Crippen MR) is 147 cm³/mol. The van der Waals surface area contributed by atoms with Crippen LogP contribution < -0.4 is 5.73 Å². The van der Waals surface area contributed by atoms with E-state index in [9.17, 15) is 16.8 Å². The molecule has 12 heteroatoms. The molecule has 0 aliphatic carbocycles. The minimum absolute atomic E-state index is 0.0526. The third kappa shape index (κ3) is 8.10. The molecule has 36 heavy (non-hydrogen) atoms. The van der Waals surface area contributed by atoms with Gasteiger partial charge in [0.05, 0.1) is 15.2 Å². The summed E-state index contributed by atoms with van der Waals surface area (Å²) in [5, 5.41) is 1.90. The number of aryl methyl sites for hydroxylation is 1. The smallest absolute Gasteiger partial charge is 0.227 e. The van der Waals surface area contributed by atoms with Gasteiger partial charge in [0.25, 0.3) is 0 Å². The van der Waals surface area contributed by atoms with Crippen LogP contribution in [0.5, 0.6) is 0 Å². The molecular formula is C24H39N5O4S3. The normalized spacial score (nSPS) is 12.7. The molecule has 3 aromatic heterocycles. The van der Waals surface area contributed by atoms with E-state index in [-0.39, 0.29) is 10.6 Å². The highest BCUT2D eigenvalue weighted by atomic mass is 32.2. The van der Waals surface area contributed by atoms with Crippen LogP contribution in [-0.4, -0.2) is 45.8 Å². The van der Waals surface area contributed by atoms with E-state index in [0.29, 0.717) is 10.2 Å². The first-order valence-corrected chi connectivity index (χ1v) is 15.1. The summed E-state index contributed by atoms with van der Waals surface area (Å²) in [4.78, 5) is 11.8. The summed E-state index contributed by atoms with van der Waals surface area (Å²) in [6.07, 6.45) is 4.79. The Morgan fingerprint density at radius 3 is 1.72 bits per heavy atom. The maximum atomic E-state index is 11.9. The van der Waals surface area contributed by atoms with Crippen molar-refractivity contribution in [2.24, 2.45) is 7.05 Å². The minimum atomic E-state index is -3.31. The number of nitrogens with two attached hydrogens (primary N) is 1. The number of hydrogen-bond donors (Lipinski definition) is 1. The molecule has 0 aliphatic heterocycles. The summed E-state index contributed by atoms with van der Waals surface area (Å²) < 4.78 is 47.6. The fourth-order valence-corrected chi connectivity index (χ4v) is 6.31. The highest BCUT2D eigenvalue weighted by Crippen LogP contribution is 2.27. The van der Waals surface area contributed by atoms with Crippen LogP contribution in [0.4, 0.5) is 5.95 Å². The van der Waals surface area contributed by atoms with Crippen LogP contribution in [0.2, 0.25) is 0 Å². The number of nitrogen functional groups attached to an aromatic ring is 1. The van der Waals surface area contributed by atoms with Crippen LogP contribution >= 0.6 is 11.3 Å². The molecule has 0 aromatic carbocycles. The van der Waals surface area contributed by atoms with Crippen molar-refractivity contribution in [1.29, 1.82) is 0 Å². The summed E-state index contributed by atoms with van der Waals surface area (Å²) in [5.41, 5.74) is 6.46. The van der Waals surface area contributed by atoms with Gasteiger partial charge in [0.1, 0.15) is 4.21 Å². The molecule has 2 N–H and O–H groups in total. The van der Waals surface area contributed by atoms with Crippen LogP contribution in [0.15, 0.2) is 51.5 Å². The van der Waals surface area contributed by atoms with Gasteiger partial charge in [-0.25, -0.2) is 31.8 Å². The van der Waals surface area contributed by atoms with Gasteiger partial charge in [-0.3, -0.25) is 0 Å². The zero-order valence-electron chi connectivity index (χ0n) is 22.8. The van der Waals surface area contributed by atoms with Crippen LogP contribution in [-0.2, 0) is 32.1 Å². The molecule has 0 saturated carbocycles. The van der Waals surface area contributed by atoms with Gasteiger partial charge < -0.3 is 10.3 Å². The highest BCUT2D eigenvalue weighted by Gasteiger charge is 2.34. The second-order valence-corrected chi connectivity index (χ2v) is 17.5. The van der Waals surface area contributed by atoms with E-state index >= 15 is 0 Å². The molecule has 3 rings (SSSR count). The third-order valence-corrected chi connectivity index (χ3v) is 11.2. The van der Waals surface area contributed by atoms with Crippen molar-refractivity contribution in [2.45, 2.75) is 86.6 Å². The molecule has 3 aromatic rings. The number of rotatable bonds is 2. The Labute approximate surface area is 220 Å². The number of anilines is 1. The lowest BCUT2D eigenvalue weighted by Crippen LogP contribution is -2.30. The Hall–Kier alpha value is -2.31. The van der Waals surface area contributed by atoms with E-state index in [1.165, 1.54) is 22.1 Å². The zero-order valence-corrected chi connectivity index (χ0v) is 25.2. The minimum Gasteiger partial charge on any atom is -0.368 e. The van der Waals surface area contributed by atoms with E-state index in [1.807, 2.05) is 6.07 Å². The number of nitrogens with zero attached hydrogens (tertiary/aromatic N) is 4. The molecule has 0 atom stereocenters. The van der Waals surface area contributed by atoms with Gasteiger partial charge in [-0.1, -0.05) is 26.8 Å².